The Morgan fingerprint density at radius 2 is 2.00 bits per heavy atom. The highest BCUT2D eigenvalue weighted by molar-refractivity contribution is 5.32. The van der Waals surface area contributed by atoms with Gasteiger partial charge in [0.2, 0.25) is 0 Å². The summed E-state index contributed by atoms with van der Waals surface area (Å²) in [4.78, 5) is 0. The Morgan fingerprint density at radius 3 is 2.52 bits per heavy atom. The highest BCUT2D eigenvalue weighted by atomic mass is 19.1. The van der Waals surface area contributed by atoms with Crippen molar-refractivity contribution in [2.75, 3.05) is 13.7 Å². The van der Waals surface area contributed by atoms with E-state index in [4.69, 9.17) is 10.5 Å². The van der Waals surface area contributed by atoms with E-state index in [0.29, 0.717) is 35.5 Å². The largest absolute Gasteiger partial charge is 0.494 e. The van der Waals surface area contributed by atoms with E-state index in [-0.39, 0.29) is 5.82 Å². The Bertz CT molecular complexity index is 481. The molecule has 1 aliphatic rings. The summed E-state index contributed by atoms with van der Waals surface area (Å²) in [5.74, 6) is 1.51. The van der Waals surface area contributed by atoms with Crippen LogP contribution in [0.25, 0.3) is 0 Å². The standard InChI is InChI=1S/C18H28FNO/c1-18(2,3)14-7-5-13(11-20)15(10-14)12-6-8-17(21-4)16(19)9-12/h6,8-9,13-15H,5,7,10-11,20H2,1-4H3. The fourth-order valence-electron chi connectivity index (χ4n) is 3.62. The van der Waals surface area contributed by atoms with E-state index in [1.807, 2.05) is 6.07 Å². The Hall–Kier alpha value is -1.09. The highest BCUT2D eigenvalue weighted by Crippen LogP contribution is 2.46. The third kappa shape index (κ3) is 3.57. The molecule has 3 unspecified atom stereocenters. The Labute approximate surface area is 127 Å². The lowest BCUT2D eigenvalue weighted by molar-refractivity contribution is 0.133. The van der Waals surface area contributed by atoms with Crippen molar-refractivity contribution in [2.24, 2.45) is 23.0 Å². The number of nitrogens with two attached hydrogens (primary N) is 1. The van der Waals surface area contributed by atoms with Crippen molar-refractivity contribution in [3.05, 3.63) is 29.6 Å². The predicted octanol–water partition coefficient (Wildman–Crippen LogP) is 4.34. The van der Waals surface area contributed by atoms with E-state index in [2.05, 4.69) is 20.8 Å². The maximum atomic E-state index is 14.0. The molecule has 1 aromatic rings. The first-order chi connectivity index (χ1) is 9.86. The third-order valence-electron chi connectivity index (χ3n) is 5.12. The molecule has 1 saturated carbocycles. The van der Waals surface area contributed by atoms with Crippen molar-refractivity contribution >= 4 is 0 Å². The molecule has 1 fully saturated rings. The summed E-state index contributed by atoms with van der Waals surface area (Å²) in [7, 11) is 1.50. The van der Waals surface area contributed by atoms with Gasteiger partial charge in [-0.15, -0.1) is 0 Å². The lowest BCUT2D eigenvalue weighted by atomic mass is 9.64. The van der Waals surface area contributed by atoms with Crippen molar-refractivity contribution in [1.82, 2.24) is 0 Å². The number of hydrogen-bond donors (Lipinski definition) is 1. The molecule has 2 rings (SSSR count). The Kier molecular flexibility index (Phi) is 4.92. The van der Waals surface area contributed by atoms with Gasteiger partial charge in [-0.1, -0.05) is 26.8 Å². The van der Waals surface area contributed by atoms with Crippen molar-refractivity contribution in [3.8, 4) is 5.75 Å². The van der Waals surface area contributed by atoms with Gasteiger partial charge >= 0.3 is 0 Å². The summed E-state index contributed by atoms with van der Waals surface area (Å²) < 4.78 is 19.0. The van der Waals surface area contributed by atoms with E-state index in [1.54, 1.807) is 12.1 Å². The SMILES string of the molecule is COc1ccc(C2CC(C(C)(C)C)CCC2CN)cc1F. The van der Waals surface area contributed by atoms with Gasteiger partial charge in [-0.3, -0.25) is 0 Å². The molecule has 3 atom stereocenters. The molecule has 0 spiro atoms. The number of halogens is 1. The molecule has 0 radical (unpaired) electrons. The first-order valence-electron chi connectivity index (χ1n) is 7.90. The maximum absolute atomic E-state index is 14.0. The van der Waals surface area contributed by atoms with Gasteiger partial charge in [-0.25, -0.2) is 4.39 Å². The van der Waals surface area contributed by atoms with Crippen LogP contribution in [0, 0.1) is 23.1 Å². The molecule has 0 saturated heterocycles. The second-order valence-corrected chi connectivity index (χ2v) is 7.37. The van der Waals surface area contributed by atoms with Crippen molar-refractivity contribution in [1.29, 1.82) is 0 Å². The molecule has 1 aromatic carbocycles. The van der Waals surface area contributed by atoms with Gasteiger partial charge in [0.15, 0.2) is 11.6 Å². The van der Waals surface area contributed by atoms with Crippen LogP contribution in [0.2, 0.25) is 0 Å². The van der Waals surface area contributed by atoms with Crippen LogP contribution < -0.4 is 10.5 Å². The quantitative estimate of drug-likeness (QED) is 0.899. The zero-order valence-electron chi connectivity index (χ0n) is 13.7. The lowest BCUT2D eigenvalue weighted by Crippen LogP contribution is -2.34. The van der Waals surface area contributed by atoms with Gasteiger partial charge in [0.25, 0.3) is 0 Å². The maximum Gasteiger partial charge on any atom is 0.165 e. The smallest absolute Gasteiger partial charge is 0.165 e. The summed E-state index contributed by atoms with van der Waals surface area (Å²) in [5.41, 5.74) is 7.32. The van der Waals surface area contributed by atoms with E-state index >= 15 is 0 Å². The average molecular weight is 293 g/mol. The van der Waals surface area contributed by atoms with Crippen LogP contribution in [0.15, 0.2) is 18.2 Å². The van der Waals surface area contributed by atoms with E-state index in [9.17, 15) is 4.39 Å². The van der Waals surface area contributed by atoms with E-state index in [1.165, 1.54) is 13.5 Å². The van der Waals surface area contributed by atoms with Crippen LogP contribution in [-0.4, -0.2) is 13.7 Å². The van der Waals surface area contributed by atoms with Crippen molar-refractivity contribution in [2.45, 2.75) is 46.0 Å². The zero-order valence-corrected chi connectivity index (χ0v) is 13.7. The molecule has 2 nitrogen and oxygen atoms in total. The first kappa shape index (κ1) is 16.3. The second kappa shape index (κ2) is 6.35. The van der Waals surface area contributed by atoms with E-state index < -0.39 is 0 Å². The van der Waals surface area contributed by atoms with Gasteiger partial charge < -0.3 is 10.5 Å². The number of benzene rings is 1. The molecular formula is C18H28FNO. The average Bonchev–Trinajstić information content (AvgIpc) is 2.45. The minimum absolute atomic E-state index is 0.274. The summed E-state index contributed by atoms with van der Waals surface area (Å²) in [6.45, 7) is 7.57. The van der Waals surface area contributed by atoms with Crippen LogP contribution >= 0.6 is 0 Å². The molecule has 0 amide bonds. The predicted molar refractivity (Wildman–Crippen MR) is 85.0 cm³/mol. The molecule has 0 aliphatic heterocycles. The molecule has 1 aliphatic carbocycles. The summed E-state index contributed by atoms with van der Waals surface area (Å²) >= 11 is 0. The van der Waals surface area contributed by atoms with Crippen LogP contribution in [0.3, 0.4) is 0 Å². The minimum atomic E-state index is -0.274. The van der Waals surface area contributed by atoms with Crippen LogP contribution in [0.5, 0.6) is 5.75 Å². The van der Waals surface area contributed by atoms with Gasteiger partial charge in [-0.05, 0) is 66.7 Å². The highest BCUT2D eigenvalue weighted by Gasteiger charge is 2.36. The molecule has 0 heterocycles. The van der Waals surface area contributed by atoms with Crippen LogP contribution in [0.1, 0.15) is 51.5 Å². The zero-order chi connectivity index (χ0) is 15.6. The fourth-order valence-corrected chi connectivity index (χ4v) is 3.62. The molecule has 0 bridgehead atoms. The van der Waals surface area contributed by atoms with Gasteiger partial charge in [0.05, 0.1) is 7.11 Å². The minimum Gasteiger partial charge on any atom is -0.494 e. The molecule has 3 heteroatoms. The lowest BCUT2D eigenvalue weighted by Gasteiger charge is -2.42. The molecule has 0 aromatic heterocycles. The van der Waals surface area contributed by atoms with E-state index in [0.717, 1.165) is 18.4 Å². The fraction of sp³-hybridized carbons (Fsp3) is 0.667. The van der Waals surface area contributed by atoms with Crippen molar-refractivity contribution in [3.63, 3.8) is 0 Å². The Balaban J connectivity index is 2.27. The molecule has 21 heavy (non-hydrogen) atoms. The summed E-state index contributed by atoms with van der Waals surface area (Å²) in [6.07, 6.45) is 3.45. The first-order valence-corrected chi connectivity index (χ1v) is 7.90. The molecular weight excluding hydrogens is 265 g/mol. The summed E-state index contributed by atoms with van der Waals surface area (Å²) in [6, 6.07) is 5.37. The number of ether oxygens (including phenoxy) is 1. The third-order valence-corrected chi connectivity index (χ3v) is 5.12. The number of rotatable bonds is 3. The van der Waals surface area contributed by atoms with Crippen LogP contribution in [-0.2, 0) is 0 Å². The molecule has 2 N–H and O–H groups in total. The topological polar surface area (TPSA) is 35.2 Å². The second-order valence-electron chi connectivity index (χ2n) is 7.37. The number of methoxy groups -OCH3 is 1. The summed E-state index contributed by atoms with van der Waals surface area (Å²) in [5, 5.41) is 0. The Morgan fingerprint density at radius 1 is 1.29 bits per heavy atom. The molecule has 118 valence electrons. The van der Waals surface area contributed by atoms with Crippen LogP contribution in [0.4, 0.5) is 4.39 Å². The normalized spacial score (nSPS) is 26.7. The number of hydrogen-bond acceptors (Lipinski definition) is 2. The van der Waals surface area contributed by atoms with Gasteiger partial charge in [0.1, 0.15) is 0 Å². The van der Waals surface area contributed by atoms with Crippen molar-refractivity contribution < 1.29 is 9.13 Å². The van der Waals surface area contributed by atoms with Gasteiger partial charge in [-0.2, -0.15) is 0 Å². The van der Waals surface area contributed by atoms with Gasteiger partial charge in [0, 0.05) is 0 Å². The monoisotopic (exact) mass is 293 g/mol.